The van der Waals surface area contributed by atoms with E-state index in [0.29, 0.717) is 0 Å². The molecule has 1 aliphatic rings. The number of carbonyl (C=O) groups is 1. The number of rotatable bonds is 2. The number of halogens is 1. The Morgan fingerprint density at radius 1 is 1.75 bits per heavy atom. The van der Waals surface area contributed by atoms with E-state index < -0.39 is 0 Å². The van der Waals surface area contributed by atoms with E-state index in [2.05, 4.69) is 26.1 Å². The van der Waals surface area contributed by atoms with Crippen LogP contribution in [0.5, 0.6) is 0 Å². The van der Waals surface area contributed by atoms with Gasteiger partial charge < -0.3 is 0 Å². The van der Waals surface area contributed by atoms with Crippen LogP contribution in [0.1, 0.15) is 25.5 Å². The predicted octanol–water partition coefficient (Wildman–Crippen LogP) is 1.79. The van der Waals surface area contributed by atoms with Crippen LogP contribution in [-0.2, 0) is 10.2 Å². The summed E-state index contributed by atoms with van der Waals surface area (Å²) in [5.41, 5.74) is 0.699. The van der Waals surface area contributed by atoms with E-state index in [-0.39, 0.29) is 11.2 Å². The number of aromatic amines is 1. The van der Waals surface area contributed by atoms with Crippen LogP contribution in [-0.4, -0.2) is 16.0 Å². The van der Waals surface area contributed by atoms with Crippen molar-refractivity contribution in [1.29, 1.82) is 0 Å². The SMILES string of the molecule is CC(=O)C1(c2[nH]ncc2Br)CC1. The van der Waals surface area contributed by atoms with Gasteiger partial charge >= 0.3 is 0 Å². The number of H-pyrrole nitrogens is 1. The lowest BCUT2D eigenvalue weighted by molar-refractivity contribution is -0.119. The molecule has 0 atom stereocenters. The summed E-state index contributed by atoms with van der Waals surface area (Å²) in [4.78, 5) is 11.3. The molecule has 0 unspecified atom stereocenters. The average Bonchev–Trinajstić information content (AvgIpc) is 2.71. The Bertz CT molecular complexity index is 328. The first-order valence-corrected chi connectivity index (χ1v) is 4.66. The van der Waals surface area contributed by atoms with Crippen LogP contribution in [0.3, 0.4) is 0 Å². The molecule has 1 aromatic heterocycles. The summed E-state index contributed by atoms with van der Waals surface area (Å²) in [5.74, 6) is 0.229. The standard InChI is InChI=1S/C8H9BrN2O/c1-5(12)8(2-3-8)7-6(9)4-10-11-7/h4H,2-3H2,1H3,(H,10,11). The first-order valence-electron chi connectivity index (χ1n) is 3.87. The van der Waals surface area contributed by atoms with Crippen LogP contribution in [0.4, 0.5) is 0 Å². The predicted molar refractivity (Wildman–Crippen MR) is 47.9 cm³/mol. The second-order valence-corrected chi connectivity index (χ2v) is 4.09. The monoisotopic (exact) mass is 228 g/mol. The zero-order valence-electron chi connectivity index (χ0n) is 6.72. The molecular weight excluding hydrogens is 220 g/mol. The molecule has 1 aliphatic carbocycles. The van der Waals surface area contributed by atoms with Gasteiger partial charge in [0.25, 0.3) is 0 Å². The maximum Gasteiger partial charge on any atom is 0.141 e. The van der Waals surface area contributed by atoms with Crippen LogP contribution in [0, 0.1) is 0 Å². The summed E-state index contributed by atoms with van der Waals surface area (Å²) in [7, 11) is 0. The highest BCUT2D eigenvalue weighted by atomic mass is 79.9. The van der Waals surface area contributed by atoms with Gasteiger partial charge in [0.2, 0.25) is 0 Å². The highest BCUT2D eigenvalue weighted by molar-refractivity contribution is 9.10. The van der Waals surface area contributed by atoms with E-state index in [1.807, 2.05) is 0 Å². The summed E-state index contributed by atoms with van der Waals surface area (Å²) in [6.07, 6.45) is 3.59. The fourth-order valence-electron chi connectivity index (χ4n) is 1.51. The van der Waals surface area contributed by atoms with Crippen molar-refractivity contribution in [3.05, 3.63) is 16.4 Å². The Hall–Kier alpha value is -0.640. The fourth-order valence-corrected chi connectivity index (χ4v) is 2.08. The molecule has 0 aromatic carbocycles. The smallest absolute Gasteiger partial charge is 0.141 e. The minimum absolute atomic E-state index is 0.229. The lowest BCUT2D eigenvalue weighted by Gasteiger charge is -2.08. The summed E-state index contributed by atoms with van der Waals surface area (Å²) < 4.78 is 0.912. The van der Waals surface area contributed by atoms with E-state index >= 15 is 0 Å². The van der Waals surface area contributed by atoms with Crippen molar-refractivity contribution >= 4 is 21.7 Å². The van der Waals surface area contributed by atoms with Gasteiger partial charge in [-0.25, -0.2) is 0 Å². The molecule has 0 bridgehead atoms. The van der Waals surface area contributed by atoms with Crippen molar-refractivity contribution in [2.24, 2.45) is 0 Å². The third-order valence-corrected chi connectivity index (χ3v) is 3.10. The lowest BCUT2D eigenvalue weighted by atomic mass is 9.98. The minimum Gasteiger partial charge on any atom is -0.299 e. The molecule has 3 nitrogen and oxygen atoms in total. The van der Waals surface area contributed by atoms with Gasteiger partial charge in [-0.1, -0.05) is 0 Å². The molecule has 4 heteroatoms. The quantitative estimate of drug-likeness (QED) is 0.840. The summed E-state index contributed by atoms with van der Waals surface area (Å²) >= 11 is 3.36. The number of hydrogen-bond acceptors (Lipinski definition) is 2. The molecule has 2 rings (SSSR count). The molecule has 0 spiro atoms. The van der Waals surface area contributed by atoms with Crippen molar-refractivity contribution in [1.82, 2.24) is 10.2 Å². The number of Topliss-reactive ketones (excluding diaryl/α,β-unsaturated/α-hetero) is 1. The largest absolute Gasteiger partial charge is 0.299 e. The highest BCUT2D eigenvalue weighted by Crippen LogP contribution is 2.50. The molecule has 1 heterocycles. The summed E-state index contributed by atoms with van der Waals surface area (Å²) in [5, 5.41) is 6.76. The second kappa shape index (κ2) is 2.42. The third-order valence-electron chi connectivity index (χ3n) is 2.50. The zero-order valence-corrected chi connectivity index (χ0v) is 8.31. The Balaban J connectivity index is 2.43. The third kappa shape index (κ3) is 0.941. The van der Waals surface area contributed by atoms with E-state index in [9.17, 15) is 4.79 Å². The van der Waals surface area contributed by atoms with Gasteiger partial charge in [-0.3, -0.25) is 9.89 Å². The number of nitrogens with zero attached hydrogens (tertiary/aromatic N) is 1. The van der Waals surface area contributed by atoms with E-state index in [1.54, 1.807) is 13.1 Å². The Morgan fingerprint density at radius 3 is 2.75 bits per heavy atom. The molecule has 1 N–H and O–H groups in total. The molecule has 0 radical (unpaired) electrons. The van der Waals surface area contributed by atoms with Gasteiger partial charge in [0, 0.05) is 0 Å². The Morgan fingerprint density at radius 2 is 2.42 bits per heavy atom. The number of aromatic nitrogens is 2. The van der Waals surface area contributed by atoms with Crippen molar-refractivity contribution in [3.8, 4) is 0 Å². The first kappa shape index (κ1) is 7.98. The number of ketones is 1. The van der Waals surface area contributed by atoms with Gasteiger partial charge in [-0.2, -0.15) is 5.10 Å². The fraction of sp³-hybridized carbons (Fsp3) is 0.500. The van der Waals surface area contributed by atoms with Crippen molar-refractivity contribution in [2.75, 3.05) is 0 Å². The Kier molecular flexibility index (Phi) is 1.61. The molecule has 0 saturated heterocycles. The molecule has 0 amide bonds. The molecule has 0 aliphatic heterocycles. The van der Waals surface area contributed by atoms with Crippen LogP contribution in [0.15, 0.2) is 10.7 Å². The second-order valence-electron chi connectivity index (χ2n) is 3.23. The molecular formula is C8H9BrN2O. The lowest BCUT2D eigenvalue weighted by Crippen LogP contribution is -2.17. The minimum atomic E-state index is -0.241. The number of hydrogen-bond donors (Lipinski definition) is 1. The molecule has 64 valence electrons. The number of carbonyl (C=O) groups excluding carboxylic acids is 1. The normalized spacial score (nSPS) is 19.2. The average molecular weight is 229 g/mol. The topological polar surface area (TPSA) is 45.8 Å². The molecule has 1 saturated carbocycles. The Labute approximate surface area is 78.7 Å². The van der Waals surface area contributed by atoms with E-state index in [0.717, 1.165) is 23.0 Å². The van der Waals surface area contributed by atoms with Gasteiger partial charge in [-0.05, 0) is 35.7 Å². The summed E-state index contributed by atoms with van der Waals surface area (Å²) in [6.45, 7) is 1.64. The van der Waals surface area contributed by atoms with E-state index in [1.165, 1.54) is 0 Å². The molecule has 1 aromatic rings. The van der Waals surface area contributed by atoms with Gasteiger partial charge in [-0.15, -0.1) is 0 Å². The maximum absolute atomic E-state index is 11.3. The van der Waals surface area contributed by atoms with Crippen LogP contribution < -0.4 is 0 Å². The number of nitrogens with one attached hydrogen (secondary N) is 1. The van der Waals surface area contributed by atoms with Crippen LogP contribution in [0.2, 0.25) is 0 Å². The van der Waals surface area contributed by atoms with Crippen molar-refractivity contribution < 1.29 is 4.79 Å². The first-order chi connectivity index (χ1) is 5.67. The maximum atomic E-state index is 11.3. The van der Waals surface area contributed by atoms with Crippen LogP contribution >= 0.6 is 15.9 Å². The zero-order chi connectivity index (χ0) is 8.77. The van der Waals surface area contributed by atoms with Gasteiger partial charge in [0.05, 0.1) is 21.8 Å². The van der Waals surface area contributed by atoms with Gasteiger partial charge in [0.15, 0.2) is 0 Å². The molecule has 1 fully saturated rings. The summed E-state index contributed by atoms with van der Waals surface area (Å²) in [6, 6.07) is 0. The van der Waals surface area contributed by atoms with Gasteiger partial charge in [0.1, 0.15) is 5.78 Å². The van der Waals surface area contributed by atoms with Crippen LogP contribution in [0.25, 0.3) is 0 Å². The van der Waals surface area contributed by atoms with Crippen molar-refractivity contribution in [2.45, 2.75) is 25.2 Å². The van der Waals surface area contributed by atoms with E-state index in [4.69, 9.17) is 0 Å². The highest BCUT2D eigenvalue weighted by Gasteiger charge is 2.51. The van der Waals surface area contributed by atoms with Crippen molar-refractivity contribution in [3.63, 3.8) is 0 Å². The molecule has 12 heavy (non-hydrogen) atoms.